The Labute approximate surface area is 96.9 Å². The Morgan fingerprint density at radius 1 is 1.19 bits per heavy atom. The van der Waals surface area contributed by atoms with Crippen LogP contribution in [0, 0.1) is 11.3 Å². The molecule has 0 aromatic rings. The van der Waals surface area contributed by atoms with E-state index in [1.165, 1.54) is 0 Å². The molecular weight excluding hydrogens is 204 g/mol. The molecule has 2 saturated carbocycles. The Morgan fingerprint density at radius 3 is 2.31 bits per heavy atom. The lowest BCUT2D eigenvalue weighted by Gasteiger charge is -2.46. The van der Waals surface area contributed by atoms with Crippen molar-refractivity contribution in [3.05, 3.63) is 0 Å². The van der Waals surface area contributed by atoms with E-state index in [-0.39, 0.29) is 0 Å². The minimum Gasteiger partial charge on any atom is -0.481 e. The van der Waals surface area contributed by atoms with Gasteiger partial charge in [-0.2, -0.15) is 0 Å². The zero-order valence-electron chi connectivity index (χ0n) is 10.0. The van der Waals surface area contributed by atoms with Crippen LogP contribution < -0.4 is 0 Å². The van der Waals surface area contributed by atoms with Gasteiger partial charge in [0.1, 0.15) is 0 Å². The standard InChI is InChI=1S/C13H22O3/c1-10-5-4-6-12(9-10,11(14)15)13(16)7-2-3-8-13/h10,16H,2-9H2,1H3,(H,14,15). The summed E-state index contributed by atoms with van der Waals surface area (Å²) in [7, 11) is 0. The van der Waals surface area contributed by atoms with Crippen molar-refractivity contribution in [2.24, 2.45) is 11.3 Å². The minimum absolute atomic E-state index is 0.425. The molecule has 0 radical (unpaired) electrons. The van der Waals surface area contributed by atoms with Crippen molar-refractivity contribution in [1.82, 2.24) is 0 Å². The van der Waals surface area contributed by atoms with Crippen LogP contribution in [0.25, 0.3) is 0 Å². The maximum absolute atomic E-state index is 11.7. The molecule has 2 aliphatic carbocycles. The molecule has 0 bridgehead atoms. The van der Waals surface area contributed by atoms with Crippen molar-refractivity contribution < 1.29 is 15.0 Å². The highest BCUT2D eigenvalue weighted by Crippen LogP contribution is 2.53. The average molecular weight is 226 g/mol. The highest BCUT2D eigenvalue weighted by molar-refractivity contribution is 5.76. The van der Waals surface area contributed by atoms with Crippen LogP contribution in [0.5, 0.6) is 0 Å². The largest absolute Gasteiger partial charge is 0.481 e. The van der Waals surface area contributed by atoms with Gasteiger partial charge < -0.3 is 10.2 Å². The number of hydrogen-bond acceptors (Lipinski definition) is 2. The van der Waals surface area contributed by atoms with E-state index in [9.17, 15) is 15.0 Å². The summed E-state index contributed by atoms with van der Waals surface area (Å²) in [6.07, 6.45) is 6.64. The fourth-order valence-electron chi connectivity index (χ4n) is 3.81. The molecule has 2 atom stereocenters. The van der Waals surface area contributed by atoms with Gasteiger partial charge in [0.2, 0.25) is 0 Å². The van der Waals surface area contributed by atoms with E-state index in [0.29, 0.717) is 31.6 Å². The predicted molar refractivity (Wildman–Crippen MR) is 61.1 cm³/mol. The monoisotopic (exact) mass is 226 g/mol. The van der Waals surface area contributed by atoms with Gasteiger partial charge in [-0.05, 0) is 31.6 Å². The molecule has 3 nitrogen and oxygen atoms in total. The van der Waals surface area contributed by atoms with E-state index >= 15 is 0 Å². The molecule has 0 aromatic heterocycles. The summed E-state index contributed by atoms with van der Waals surface area (Å²) in [5, 5.41) is 20.2. The van der Waals surface area contributed by atoms with Crippen LogP contribution in [-0.4, -0.2) is 21.8 Å². The number of carboxylic acids is 1. The molecule has 2 N–H and O–H groups in total. The first-order valence-corrected chi connectivity index (χ1v) is 6.46. The molecular formula is C13H22O3. The van der Waals surface area contributed by atoms with Gasteiger partial charge in [-0.15, -0.1) is 0 Å². The average Bonchev–Trinajstić information content (AvgIpc) is 2.66. The third-order valence-corrected chi connectivity index (χ3v) is 4.73. The summed E-state index contributed by atoms with van der Waals surface area (Å²) in [5.74, 6) is -0.349. The molecule has 0 heterocycles. The van der Waals surface area contributed by atoms with Gasteiger partial charge in [0.05, 0.1) is 11.0 Å². The van der Waals surface area contributed by atoms with Crippen molar-refractivity contribution in [2.45, 2.75) is 63.9 Å². The van der Waals surface area contributed by atoms with E-state index in [4.69, 9.17) is 0 Å². The maximum Gasteiger partial charge on any atom is 0.312 e. The summed E-state index contributed by atoms with van der Waals surface area (Å²) in [4.78, 5) is 11.7. The van der Waals surface area contributed by atoms with Crippen LogP contribution in [0.4, 0.5) is 0 Å². The first-order chi connectivity index (χ1) is 7.50. The van der Waals surface area contributed by atoms with Crippen molar-refractivity contribution in [3.8, 4) is 0 Å². The highest BCUT2D eigenvalue weighted by atomic mass is 16.4. The Bertz CT molecular complexity index is 281. The van der Waals surface area contributed by atoms with Crippen molar-refractivity contribution >= 4 is 5.97 Å². The molecule has 16 heavy (non-hydrogen) atoms. The van der Waals surface area contributed by atoms with E-state index < -0.39 is 17.0 Å². The smallest absolute Gasteiger partial charge is 0.312 e. The number of aliphatic carboxylic acids is 1. The molecule has 0 amide bonds. The zero-order chi connectivity index (χ0) is 11.8. The maximum atomic E-state index is 11.7. The quantitative estimate of drug-likeness (QED) is 0.760. The lowest BCUT2D eigenvalue weighted by molar-refractivity contribution is -0.177. The Balaban J connectivity index is 2.30. The molecule has 0 aliphatic heterocycles. The summed E-state index contributed by atoms with van der Waals surface area (Å²) < 4.78 is 0. The predicted octanol–water partition coefficient (Wildman–Crippen LogP) is 2.57. The van der Waals surface area contributed by atoms with Gasteiger partial charge >= 0.3 is 5.97 Å². The fourth-order valence-corrected chi connectivity index (χ4v) is 3.81. The minimum atomic E-state index is -0.937. The number of carboxylic acid groups (broad SMARTS) is 1. The lowest BCUT2D eigenvalue weighted by atomic mass is 9.60. The molecule has 2 fully saturated rings. The second kappa shape index (κ2) is 4.02. The van der Waals surface area contributed by atoms with Crippen LogP contribution in [0.1, 0.15) is 58.3 Å². The van der Waals surface area contributed by atoms with Crippen LogP contribution in [-0.2, 0) is 4.79 Å². The van der Waals surface area contributed by atoms with E-state index in [1.54, 1.807) is 0 Å². The van der Waals surface area contributed by atoms with Crippen LogP contribution >= 0.6 is 0 Å². The normalized spacial score (nSPS) is 38.5. The third kappa shape index (κ3) is 1.65. The molecule has 2 aliphatic rings. The lowest BCUT2D eigenvalue weighted by Crippen LogP contribution is -2.53. The summed E-state index contributed by atoms with van der Waals surface area (Å²) in [6, 6.07) is 0. The van der Waals surface area contributed by atoms with Gasteiger partial charge in [0.25, 0.3) is 0 Å². The van der Waals surface area contributed by atoms with E-state index in [2.05, 4.69) is 6.92 Å². The van der Waals surface area contributed by atoms with Crippen LogP contribution in [0.2, 0.25) is 0 Å². The van der Waals surface area contributed by atoms with E-state index in [1.807, 2.05) is 0 Å². The molecule has 92 valence electrons. The molecule has 0 saturated heterocycles. The summed E-state index contributed by atoms with van der Waals surface area (Å²) in [5.41, 5.74) is -1.80. The molecule has 2 rings (SSSR count). The first-order valence-electron chi connectivity index (χ1n) is 6.46. The van der Waals surface area contributed by atoms with Gasteiger partial charge in [-0.25, -0.2) is 0 Å². The van der Waals surface area contributed by atoms with Crippen molar-refractivity contribution in [1.29, 1.82) is 0 Å². The number of carbonyl (C=O) groups is 1. The second-order valence-corrected chi connectivity index (χ2v) is 5.83. The van der Waals surface area contributed by atoms with Gasteiger partial charge in [-0.1, -0.05) is 32.6 Å². The molecule has 2 unspecified atom stereocenters. The Morgan fingerprint density at radius 2 is 1.81 bits per heavy atom. The molecule has 0 aromatic carbocycles. The number of aliphatic hydroxyl groups is 1. The molecule has 3 heteroatoms. The topological polar surface area (TPSA) is 57.5 Å². The first kappa shape index (κ1) is 11.9. The van der Waals surface area contributed by atoms with Gasteiger partial charge in [-0.3, -0.25) is 4.79 Å². The van der Waals surface area contributed by atoms with Crippen molar-refractivity contribution in [2.75, 3.05) is 0 Å². The van der Waals surface area contributed by atoms with Crippen LogP contribution in [0.3, 0.4) is 0 Å². The van der Waals surface area contributed by atoms with E-state index in [0.717, 1.165) is 25.7 Å². The second-order valence-electron chi connectivity index (χ2n) is 5.83. The zero-order valence-corrected chi connectivity index (χ0v) is 10.0. The number of rotatable bonds is 2. The van der Waals surface area contributed by atoms with Gasteiger partial charge in [0.15, 0.2) is 0 Å². The highest BCUT2D eigenvalue weighted by Gasteiger charge is 2.57. The molecule has 0 spiro atoms. The third-order valence-electron chi connectivity index (χ3n) is 4.73. The summed E-state index contributed by atoms with van der Waals surface area (Å²) in [6.45, 7) is 2.11. The Hall–Kier alpha value is -0.570. The number of hydrogen-bond donors (Lipinski definition) is 2. The Kier molecular flexibility index (Phi) is 2.99. The van der Waals surface area contributed by atoms with Gasteiger partial charge in [0, 0.05) is 0 Å². The fraction of sp³-hybridized carbons (Fsp3) is 0.923. The van der Waals surface area contributed by atoms with Crippen molar-refractivity contribution in [3.63, 3.8) is 0 Å². The van der Waals surface area contributed by atoms with Crippen LogP contribution in [0.15, 0.2) is 0 Å². The SMILES string of the molecule is CC1CCCC(C(=O)O)(C2(O)CCCC2)C1. The summed E-state index contributed by atoms with van der Waals surface area (Å²) >= 11 is 0.